The van der Waals surface area contributed by atoms with E-state index in [1.54, 1.807) is 31.1 Å². The van der Waals surface area contributed by atoms with Crippen molar-refractivity contribution in [3.8, 4) is 5.75 Å². The van der Waals surface area contributed by atoms with Crippen molar-refractivity contribution in [3.05, 3.63) is 23.8 Å². The summed E-state index contributed by atoms with van der Waals surface area (Å²) in [5, 5.41) is 0. The molecule has 0 bridgehead atoms. The van der Waals surface area contributed by atoms with Gasteiger partial charge in [-0.25, -0.2) is 0 Å². The Labute approximate surface area is 143 Å². The van der Waals surface area contributed by atoms with Crippen LogP contribution in [0.3, 0.4) is 0 Å². The second-order valence-corrected chi connectivity index (χ2v) is 6.19. The number of ether oxygens (including phenoxy) is 2. The molecule has 1 unspecified atom stereocenters. The normalized spacial score (nSPS) is 17.2. The van der Waals surface area contributed by atoms with Crippen molar-refractivity contribution in [2.45, 2.75) is 19.8 Å². The van der Waals surface area contributed by atoms with Gasteiger partial charge in [0.2, 0.25) is 11.8 Å². The lowest BCUT2D eigenvalue weighted by molar-refractivity contribution is -0.134. The number of rotatable bonds is 7. The molecule has 1 atom stereocenters. The van der Waals surface area contributed by atoms with E-state index in [1.165, 1.54) is 0 Å². The van der Waals surface area contributed by atoms with Crippen LogP contribution in [0.25, 0.3) is 0 Å². The number of aryl methyl sites for hydroxylation is 1. The number of carbonyl (C=O) groups is 2. The lowest BCUT2D eigenvalue weighted by Crippen LogP contribution is -2.35. The third-order valence-electron chi connectivity index (χ3n) is 4.32. The van der Waals surface area contributed by atoms with E-state index < -0.39 is 0 Å². The van der Waals surface area contributed by atoms with Gasteiger partial charge in [-0.2, -0.15) is 0 Å². The van der Waals surface area contributed by atoms with Crippen molar-refractivity contribution in [2.24, 2.45) is 5.92 Å². The first-order valence-electron chi connectivity index (χ1n) is 8.16. The van der Waals surface area contributed by atoms with E-state index in [1.807, 2.05) is 25.1 Å². The summed E-state index contributed by atoms with van der Waals surface area (Å²) >= 11 is 0. The van der Waals surface area contributed by atoms with Crippen molar-refractivity contribution in [3.63, 3.8) is 0 Å². The van der Waals surface area contributed by atoms with Crippen LogP contribution in [0.2, 0.25) is 0 Å². The first-order chi connectivity index (χ1) is 11.5. The molecule has 1 heterocycles. The van der Waals surface area contributed by atoms with Gasteiger partial charge < -0.3 is 19.3 Å². The van der Waals surface area contributed by atoms with Crippen molar-refractivity contribution in [2.75, 3.05) is 45.9 Å². The fourth-order valence-electron chi connectivity index (χ4n) is 2.98. The SMILES string of the molecule is COCCCN(C)C(=O)C1CC(=O)N(c2cc(C)ccc2OC)C1. The summed E-state index contributed by atoms with van der Waals surface area (Å²) in [5.41, 5.74) is 1.78. The molecule has 1 fully saturated rings. The van der Waals surface area contributed by atoms with E-state index in [4.69, 9.17) is 9.47 Å². The molecule has 1 aromatic carbocycles. The van der Waals surface area contributed by atoms with Crippen LogP contribution in [0.1, 0.15) is 18.4 Å². The van der Waals surface area contributed by atoms with Gasteiger partial charge in [0.15, 0.2) is 0 Å². The topological polar surface area (TPSA) is 59.1 Å². The van der Waals surface area contributed by atoms with Gasteiger partial charge in [-0.05, 0) is 31.0 Å². The van der Waals surface area contributed by atoms with Crippen LogP contribution in [-0.4, -0.2) is 57.7 Å². The fraction of sp³-hybridized carbons (Fsp3) is 0.556. The standard InChI is InChI=1S/C18H26N2O4/c1-13-6-7-16(24-4)15(10-13)20-12-14(11-17(20)21)18(22)19(2)8-5-9-23-3/h6-7,10,14H,5,8-9,11-12H2,1-4H3. The Morgan fingerprint density at radius 3 is 2.79 bits per heavy atom. The minimum atomic E-state index is -0.310. The second kappa shape index (κ2) is 8.15. The van der Waals surface area contributed by atoms with Crippen molar-refractivity contribution >= 4 is 17.5 Å². The van der Waals surface area contributed by atoms with Crippen molar-refractivity contribution in [1.29, 1.82) is 0 Å². The maximum absolute atomic E-state index is 12.6. The Balaban J connectivity index is 2.08. The Morgan fingerprint density at radius 1 is 1.38 bits per heavy atom. The number of hydrogen-bond acceptors (Lipinski definition) is 4. The Hall–Kier alpha value is -2.08. The van der Waals surface area contributed by atoms with Crippen molar-refractivity contribution in [1.82, 2.24) is 4.90 Å². The van der Waals surface area contributed by atoms with E-state index in [9.17, 15) is 9.59 Å². The van der Waals surface area contributed by atoms with Gasteiger partial charge in [0.1, 0.15) is 5.75 Å². The summed E-state index contributed by atoms with van der Waals surface area (Å²) in [7, 11) is 5.00. The molecule has 1 saturated heterocycles. The van der Waals surface area contributed by atoms with Crippen LogP contribution in [0.4, 0.5) is 5.69 Å². The monoisotopic (exact) mass is 334 g/mol. The number of hydrogen-bond donors (Lipinski definition) is 0. The number of anilines is 1. The highest BCUT2D eigenvalue weighted by Crippen LogP contribution is 2.34. The van der Waals surface area contributed by atoms with Crippen LogP contribution < -0.4 is 9.64 Å². The molecule has 2 amide bonds. The summed E-state index contributed by atoms with van der Waals surface area (Å²) in [6.45, 7) is 3.61. The molecule has 0 aliphatic carbocycles. The number of carbonyl (C=O) groups excluding carboxylic acids is 2. The predicted octanol–water partition coefficient (Wildman–Crippen LogP) is 1.85. The summed E-state index contributed by atoms with van der Waals surface area (Å²) in [6.07, 6.45) is 1.03. The average molecular weight is 334 g/mol. The summed E-state index contributed by atoms with van der Waals surface area (Å²) < 4.78 is 10.4. The zero-order chi connectivity index (χ0) is 17.7. The Bertz CT molecular complexity index is 603. The third kappa shape index (κ3) is 4.06. The summed E-state index contributed by atoms with van der Waals surface area (Å²) in [5.74, 6) is 0.307. The van der Waals surface area contributed by atoms with E-state index >= 15 is 0 Å². The molecule has 2 rings (SSSR count). The predicted molar refractivity (Wildman–Crippen MR) is 92.3 cm³/mol. The molecule has 6 nitrogen and oxygen atoms in total. The molecular formula is C18H26N2O4. The molecule has 0 saturated carbocycles. The molecule has 1 aliphatic rings. The summed E-state index contributed by atoms with van der Waals surface area (Å²) in [4.78, 5) is 28.3. The van der Waals surface area contributed by atoms with Crippen LogP contribution in [0.15, 0.2) is 18.2 Å². The number of methoxy groups -OCH3 is 2. The lowest BCUT2D eigenvalue weighted by atomic mass is 10.1. The molecule has 1 aromatic rings. The number of benzene rings is 1. The fourth-order valence-corrected chi connectivity index (χ4v) is 2.98. The molecule has 0 spiro atoms. The third-order valence-corrected chi connectivity index (χ3v) is 4.32. The zero-order valence-electron chi connectivity index (χ0n) is 14.9. The van der Waals surface area contributed by atoms with Gasteiger partial charge >= 0.3 is 0 Å². The van der Waals surface area contributed by atoms with Gasteiger partial charge in [-0.1, -0.05) is 6.07 Å². The Kier molecular flexibility index (Phi) is 6.20. The van der Waals surface area contributed by atoms with Crippen LogP contribution in [0.5, 0.6) is 5.75 Å². The minimum Gasteiger partial charge on any atom is -0.495 e. The van der Waals surface area contributed by atoms with E-state index in [2.05, 4.69) is 0 Å². The minimum absolute atomic E-state index is 0.00794. The molecule has 132 valence electrons. The van der Waals surface area contributed by atoms with Crippen LogP contribution in [0, 0.1) is 12.8 Å². The maximum Gasteiger partial charge on any atom is 0.227 e. The number of nitrogens with zero attached hydrogens (tertiary/aromatic N) is 2. The van der Waals surface area contributed by atoms with Crippen LogP contribution >= 0.6 is 0 Å². The molecule has 1 aliphatic heterocycles. The highest BCUT2D eigenvalue weighted by molar-refractivity contribution is 6.01. The molecule has 0 radical (unpaired) electrons. The lowest BCUT2D eigenvalue weighted by Gasteiger charge is -2.22. The molecule has 0 aromatic heterocycles. The molecule has 24 heavy (non-hydrogen) atoms. The maximum atomic E-state index is 12.6. The average Bonchev–Trinajstić information content (AvgIpc) is 2.95. The van der Waals surface area contributed by atoms with Gasteiger partial charge in [-0.3, -0.25) is 9.59 Å². The quantitative estimate of drug-likeness (QED) is 0.714. The van der Waals surface area contributed by atoms with Crippen LogP contribution in [-0.2, 0) is 14.3 Å². The summed E-state index contributed by atoms with van der Waals surface area (Å²) in [6, 6.07) is 5.71. The van der Waals surface area contributed by atoms with Gasteiger partial charge in [-0.15, -0.1) is 0 Å². The van der Waals surface area contributed by atoms with Gasteiger partial charge in [0.05, 0.1) is 18.7 Å². The second-order valence-electron chi connectivity index (χ2n) is 6.19. The van der Waals surface area contributed by atoms with E-state index in [0.717, 1.165) is 17.7 Å². The highest BCUT2D eigenvalue weighted by Gasteiger charge is 2.37. The van der Waals surface area contributed by atoms with E-state index in [0.29, 0.717) is 25.4 Å². The molecule has 6 heteroatoms. The smallest absolute Gasteiger partial charge is 0.227 e. The first-order valence-corrected chi connectivity index (χ1v) is 8.16. The molecule has 0 N–H and O–H groups in total. The number of amides is 2. The van der Waals surface area contributed by atoms with Gasteiger partial charge in [0, 0.05) is 40.3 Å². The molecular weight excluding hydrogens is 308 g/mol. The Morgan fingerprint density at radius 2 is 2.12 bits per heavy atom. The van der Waals surface area contributed by atoms with Gasteiger partial charge in [0.25, 0.3) is 0 Å². The zero-order valence-corrected chi connectivity index (χ0v) is 14.9. The highest BCUT2D eigenvalue weighted by atomic mass is 16.5. The first kappa shape index (κ1) is 18.3. The largest absolute Gasteiger partial charge is 0.495 e. The van der Waals surface area contributed by atoms with E-state index in [-0.39, 0.29) is 24.2 Å². The van der Waals surface area contributed by atoms with Crippen molar-refractivity contribution < 1.29 is 19.1 Å².